The van der Waals surface area contributed by atoms with E-state index in [2.05, 4.69) is 48.7 Å². The van der Waals surface area contributed by atoms with E-state index in [0.29, 0.717) is 12.8 Å². The van der Waals surface area contributed by atoms with Gasteiger partial charge in [0.05, 0.1) is 12.1 Å². The van der Waals surface area contributed by atoms with Crippen LogP contribution >= 0.6 is 0 Å². The number of carbonyl (C=O) groups is 2. The number of rotatable bonds is 15. The highest BCUT2D eigenvalue weighted by Crippen LogP contribution is 2.18. The zero-order valence-corrected chi connectivity index (χ0v) is 19.8. The van der Waals surface area contributed by atoms with Crippen LogP contribution in [0.1, 0.15) is 101 Å². The van der Waals surface area contributed by atoms with Gasteiger partial charge < -0.3 is 10.6 Å². The fourth-order valence-corrected chi connectivity index (χ4v) is 4.02. The van der Waals surface area contributed by atoms with Gasteiger partial charge in [-0.15, -0.1) is 0 Å². The van der Waals surface area contributed by atoms with E-state index in [4.69, 9.17) is 0 Å². The summed E-state index contributed by atoms with van der Waals surface area (Å²) in [4.78, 5) is 24.5. The van der Waals surface area contributed by atoms with Gasteiger partial charge in [-0.05, 0) is 36.8 Å². The number of benzene rings is 2. The lowest BCUT2D eigenvalue weighted by atomic mass is 10.0. The molecule has 32 heavy (non-hydrogen) atoms. The zero-order valence-electron chi connectivity index (χ0n) is 19.8. The van der Waals surface area contributed by atoms with E-state index >= 15 is 0 Å². The predicted molar refractivity (Wildman–Crippen MR) is 132 cm³/mol. The Morgan fingerprint density at radius 1 is 0.594 bits per heavy atom. The minimum atomic E-state index is 0.101. The zero-order chi connectivity index (χ0) is 23.0. The fourth-order valence-electron chi connectivity index (χ4n) is 4.02. The molecule has 0 aliphatic rings. The van der Waals surface area contributed by atoms with Crippen molar-refractivity contribution in [1.29, 1.82) is 0 Å². The lowest BCUT2D eigenvalue weighted by molar-refractivity contribution is -0.122. The average molecular weight is 437 g/mol. The second-order valence-corrected chi connectivity index (χ2v) is 8.50. The van der Waals surface area contributed by atoms with Crippen LogP contribution in [0.4, 0.5) is 0 Å². The van der Waals surface area contributed by atoms with E-state index in [0.717, 1.165) is 51.4 Å². The second-order valence-electron chi connectivity index (χ2n) is 8.50. The summed E-state index contributed by atoms with van der Waals surface area (Å²) < 4.78 is 0. The summed E-state index contributed by atoms with van der Waals surface area (Å²) in [5.41, 5.74) is 2.34. The molecule has 0 aliphatic heterocycles. The molecule has 0 bridgehead atoms. The molecule has 2 atom stereocenters. The van der Waals surface area contributed by atoms with Gasteiger partial charge in [-0.25, -0.2) is 0 Å². The van der Waals surface area contributed by atoms with Crippen molar-refractivity contribution in [3.63, 3.8) is 0 Å². The highest BCUT2D eigenvalue weighted by Gasteiger charge is 2.13. The average Bonchev–Trinajstić information content (AvgIpc) is 2.83. The number of carbonyl (C=O) groups excluding carboxylic acids is 2. The molecule has 2 unspecified atom stereocenters. The molecule has 174 valence electrons. The highest BCUT2D eigenvalue weighted by molar-refractivity contribution is 5.76. The predicted octanol–water partition coefficient (Wildman–Crippen LogP) is 6.64. The molecule has 0 radical (unpaired) electrons. The van der Waals surface area contributed by atoms with Crippen molar-refractivity contribution in [3.8, 4) is 0 Å². The molecule has 0 heterocycles. The minimum Gasteiger partial charge on any atom is -0.349 e. The van der Waals surface area contributed by atoms with Crippen molar-refractivity contribution >= 4 is 11.8 Å². The number of hydrogen-bond acceptors (Lipinski definition) is 2. The molecule has 2 aromatic rings. The van der Waals surface area contributed by atoms with Gasteiger partial charge in [0.15, 0.2) is 0 Å². The third-order valence-corrected chi connectivity index (χ3v) is 5.95. The third kappa shape index (κ3) is 9.67. The molecular weight excluding hydrogens is 396 g/mol. The molecule has 2 amide bonds. The molecular formula is C28H40N2O2. The van der Waals surface area contributed by atoms with Gasteiger partial charge in [-0.1, -0.05) is 100 Å². The lowest BCUT2D eigenvalue weighted by Gasteiger charge is -2.17. The van der Waals surface area contributed by atoms with E-state index in [9.17, 15) is 9.59 Å². The van der Waals surface area contributed by atoms with Gasteiger partial charge in [0.2, 0.25) is 11.8 Å². The van der Waals surface area contributed by atoms with Crippen LogP contribution in [0, 0.1) is 0 Å². The molecule has 0 spiro atoms. The summed E-state index contributed by atoms with van der Waals surface area (Å²) in [6, 6.07) is 20.5. The Kier molecular flexibility index (Phi) is 12.2. The van der Waals surface area contributed by atoms with E-state index in [-0.39, 0.29) is 23.9 Å². The van der Waals surface area contributed by atoms with Crippen LogP contribution in [-0.4, -0.2) is 11.8 Å². The molecule has 4 nitrogen and oxygen atoms in total. The first-order valence-electron chi connectivity index (χ1n) is 12.3. The smallest absolute Gasteiger partial charge is 0.220 e. The van der Waals surface area contributed by atoms with Crippen molar-refractivity contribution in [2.45, 2.75) is 90.1 Å². The van der Waals surface area contributed by atoms with Crippen LogP contribution < -0.4 is 10.6 Å². The molecule has 2 aromatic carbocycles. The van der Waals surface area contributed by atoms with Crippen LogP contribution in [0.15, 0.2) is 60.7 Å². The largest absolute Gasteiger partial charge is 0.349 e. The van der Waals surface area contributed by atoms with Crippen molar-refractivity contribution in [2.75, 3.05) is 0 Å². The van der Waals surface area contributed by atoms with Crippen molar-refractivity contribution in [2.24, 2.45) is 0 Å². The summed E-state index contributed by atoms with van der Waals surface area (Å²) in [7, 11) is 0. The maximum atomic E-state index is 12.3. The van der Waals surface area contributed by atoms with E-state index in [1.807, 2.05) is 36.4 Å². The summed E-state index contributed by atoms with van der Waals surface area (Å²) in [5.74, 6) is 0.280. The van der Waals surface area contributed by atoms with Gasteiger partial charge in [-0.3, -0.25) is 9.59 Å². The standard InChI is InChI=1S/C28H40N2O2/c1-3-25(23-17-11-9-12-18-23)29-27(31)21-15-7-5-6-8-16-22-28(32)30-26(4-2)24-19-13-10-14-20-24/h9-14,17-20,25-26H,3-8,15-16,21-22H2,1-2H3,(H,29,31)(H,30,32). The monoisotopic (exact) mass is 436 g/mol. The third-order valence-electron chi connectivity index (χ3n) is 5.95. The van der Waals surface area contributed by atoms with Crippen LogP contribution in [-0.2, 0) is 9.59 Å². The van der Waals surface area contributed by atoms with Crippen LogP contribution in [0.25, 0.3) is 0 Å². The Balaban J connectivity index is 1.51. The number of unbranched alkanes of at least 4 members (excludes halogenated alkanes) is 5. The Bertz CT molecular complexity index is 709. The normalized spacial score (nSPS) is 12.7. The minimum absolute atomic E-state index is 0.101. The topological polar surface area (TPSA) is 58.2 Å². The van der Waals surface area contributed by atoms with Gasteiger partial charge >= 0.3 is 0 Å². The molecule has 0 aliphatic carbocycles. The molecule has 0 saturated carbocycles. The first-order valence-corrected chi connectivity index (χ1v) is 12.3. The molecule has 0 fully saturated rings. The number of nitrogens with one attached hydrogen (secondary N) is 2. The Morgan fingerprint density at radius 3 is 1.28 bits per heavy atom. The highest BCUT2D eigenvalue weighted by atomic mass is 16.2. The Labute approximate surface area is 194 Å². The van der Waals surface area contributed by atoms with Gasteiger partial charge in [-0.2, -0.15) is 0 Å². The maximum Gasteiger partial charge on any atom is 0.220 e. The lowest BCUT2D eigenvalue weighted by Crippen LogP contribution is -2.27. The second kappa shape index (κ2) is 15.2. The van der Waals surface area contributed by atoms with E-state index in [1.54, 1.807) is 0 Å². The van der Waals surface area contributed by atoms with Crippen LogP contribution in [0.5, 0.6) is 0 Å². The fraction of sp³-hybridized carbons (Fsp3) is 0.500. The van der Waals surface area contributed by atoms with Crippen LogP contribution in [0.2, 0.25) is 0 Å². The van der Waals surface area contributed by atoms with Gasteiger partial charge in [0, 0.05) is 12.8 Å². The molecule has 2 rings (SSSR count). The van der Waals surface area contributed by atoms with Crippen molar-refractivity contribution in [1.82, 2.24) is 10.6 Å². The Morgan fingerprint density at radius 2 is 0.938 bits per heavy atom. The quantitative estimate of drug-likeness (QED) is 0.307. The first-order chi connectivity index (χ1) is 15.6. The van der Waals surface area contributed by atoms with Gasteiger partial charge in [0.25, 0.3) is 0 Å². The molecule has 0 saturated heterocycles. The summed E-state index contributed by atoms with van der Waals surface area (Å²) in [6.45, 7) is 4.20. The van der Waals surface area contributed by atoms with Crippen LogP contribution in [0.3, 0.4) is 0 Å². The molecule has 4 heteroatoms. The number of amides is 2. The van der Waals surface area contributed by atoms with Crippen molar-refractivity contribution in [3.05, 3.63) is 71.8 Å². The summed E-state index contributed by atoms with van der Waals surface area (Å²) in [5, 5.41) is 6.31. The van der Waals surface area contributed by atoms with E-state index in [1.165, 1.54) is 11.1 Å². The Hall–Kier alpha value is -2.62. The van der Waals surface area contributed by atoms with E-state index < -0.39 is 0 Å². The molecule has 0 aromatic heterocycles. The maximum absolute atomic E-state index is 12.3. The molecule has 2 N–H and O–H groups in total. The SMILES string of the molecule is CCC(NC(=O)CCCCCCCCC(=O)NC(CC)c1ccccc1)c1ccccc1. The van der Waals surface area contributed by atoms with Crippen molar-refractivity contribution < 1.29 is 9.59 Å². The summed E-state index contributed by atoms with van der Waals surface area (Å²) >= 11 is 0. The number of hydrogen-bond donors (Lipinski definition) is 2. The summed E-state index contributed by atoms with van der Waals surface area (Å²) in [6.07, 6.45) is 9.17. The first kappa shape index (κ1) is 25.6. The van der Waals surface area contributed by atoms with Gasteiger partial charge in [0.1, 0.15) is 0 Å².